The van der Waals surface area contributed by atoms with Crippen molar-refractivity contribution in [1.29, 1.82) is 0 Å². The van der Waals surface area contributed by atoms with E-state index in [1.165, 1.54) is 11.3 Å². The van der Waals surface area contributed by atoms with Crippen LogP contribution in [-0.2, 0) is 4.79 Å². The summed E-state index contributed by atoms with van der Waals surface area (Å²) in [7, 11) is 0. The van der Waals surface area contributed by atoms with Gasteiger partial charge in [-0.2, -0.15) is 0 Å². The highest BCUT2D eigenvalue weighted by Crippen LogP contribution is 2.31. The fourth-order valence-corrected chi connectivity index (χ4v) is 4.18. The topological polar surface area (TPSA) is 70.5 Å². The van der Waals surface area contributed by atoms with Gasteiger partial charge in [-0.25, -0.2) is 4.98 Å². The second-order valence-electron chi connectivity index (χ2n) is 6.26. The smallest absolute Gasteiger partial charge is 0.306 e. The van der Waals surface area contributed by atoms with Crippen molar-refractivity contribution in [1.82, 2.24) is 9.88 Å². The average molecular weight is 344 g/mol. The first kappa shape index (κ1) is 16.6. The van der Waals surface area contributed by atoms with Gasteiger partial charge in [0, 0.05) is 18.7 Å². The molecule has 0 spiro atoms. The molecule has 0 saturated carbocycles. The molecule has 126 valence electrons. The van der Waals surface area contributed by atoms with Crippen LogP contribution in [0, 0.1) is 18.8 Å². The van der Waals surface area contributed by atoms with Crippen LogP contribution in [0.1, 0.15) is 28.7 Å². The molecule has 0 aliphatic carbocycles. The van der Waals surface area contributed by atoms with Crippen LogP contribution < -0.4 is 0 Å². The Labute approximate surface area is 145 Å². The Bertz CT molecular complexity index is 757. The number of carboxylic acid groups (broad SMARTS) is 1. The first-order valence-electron chi connectivity index (χ1n) is 8.02. The van der Waals surface area contributed by atoms with E-state index in [4.69, 9.17) is 0 Å². The lowest BCUT2D eigenvalue weighted by Crippen LogP contribution is -2.44. The Morgan fingerprint density at radius 2 is 2.00 bits per heavy atom. The Kier molecular flexibility index (Phi) is 4.66. The van der Waals surface area contributed by atoms with E-state index in [9.17, 15) is 14.7 Å². The van der Waals surface area contributed by atoms with Crippen molar-refractivity contribution in [2.75, 3.05) is 13.1 Å². The van der Waals surface area contributed by atoms with Gasteiger partial charge in [-0.3, -0.25) is 9.59 Å². The molecule has 1 aromatic carbocycles. The zero-order chi connectivity index (χ0) is 17.3. The highest BCUT2D eigenvalue weighted by Gasteiger charge is 2.34. The molecular weight excluding hydrogens is 324 g/mol. The van der Waals surface area contributed by atoms with Crippen molar-refractivity contribution >= 4 is 23.2 Å². The van der Waals surface area contributed by atoms with Crippen LogP contribution in [0.2, 0.25) is 0 Å². The van der Waals surface area contributed by atoms with Gasteiger partial charge in [-0.05, 0) is 19.3 Å². The summed E-state index contributed by atoms with van der Waals surface area (Å²) in [5.41, 5.74) is 1.74. The summed E-state index contributed by atoms with van der Waals surface area (Å²) in [5, 5.41) is 10.1. The molecule has 1 saturated heterocycles. The number of amides is 1. The molecule has 2 atom stereocenters. The SMILES string of the molecule is Cc1nc(-c2ccccc2)sc1C(=O)N1CCC(C(=O)O)C(C)C1. The number of nitrogens with zero attached hydrogens (tertiary/aromatic N) is 2. The van der Waals surface area contributed by atoms with Crippen LogP contribution >= 0.6 is 11.3 Å². The number of hydrogen-bond donors (Lipinski definition) is 1. The summed E-state index contributed by atoms with van der Waals surface area (Å²) < 4.78 is 0. The van der Waals surface area contributed by atoms with E-state index in [2.05, 4.69) is 4.98 Å². The summed E-state index contributed by atoms with van der Waals surface area (Å²) in [4.78, 5) is 31.0. The van der Waals surface area contributed by atoms with Gasteiger partial charge in [0.25, 0.3) is 5.91 Å². The number of carbonyl (C=O) groups is 2. The third kappa shape index (κ3) is 3.19. The Morgan fingerprint density at radius 1 is 1.29 bits per heavy atom. The molecule has 3 rings (SSSR count). The van der Waals surface area contributed by atoms with Gasteiger partial charge in [0.15, 0.2) is 0 Å². The van der Waals surface area contributed by atoms with Crippen molar-refractivity contribution in [3.8, 4) is 10.6 Å². The molecule has 1 aliphatic heterocycles. The number of aromatic nitrogens is 1. The van der Waals surface area contributed by atoms with Crippen LogP contribution in [0.4, 0.5) is 0 Å². The molecule has 24 heavy (non-hydrogen) atoms. The summed E-state index contributed by atoms with van der Waals surface area (Å²) in [6.45, 7) is 4.71. The fraction of sp³-hybridized carbons (Fsp3) is 0.389. The van der Waals surface area contributed by atoms with Crippen LogP contribution in [0.25, 0.3) is 10.6 Å². The highest BCUT2D eigenvalue weighted by molar-refractivity contribution is 7.17. The number of carbonyl (C=O) groups excluding carboxylic acids is 1. The molecule has 2 aromatic rings. The van der Waals surface area contributed by atoms with Gasteiger partial charge in [0.1, 0.15) is 9.88 Å². The molecular formula is C18H20N2O3S. The molecule has 6 heteroatoms. The maximum Gasteiger partial charge on any atom is 0.306 e. The lowest BCUT2D eigenvalue weighted by molar-refractivity contribution is -0.145. The summed E-state index contributed by atoms with van der Waals surface area (Å²) in [6, 6.07) is 9.81. The predicted octanol–water partition coefficient (Wildman–Crippen LogP) is 3.30. The number of aliphatic carboxylic acids is 1. The first-order valence-corrected chi connectivity index (χ1v) is 8.84. The Morgan fingerprint density at radius 3 is 2.62 bits per heavy atom. The van der Waals surface area contributed by atoms with E-state index >= 15 is 0 Å². The second kappa shape index (κ2) is 6.73. The van der Waals surface area contributed by atoms with E-state index in [0.29, 0.717) is 24.4 Å². The van der Waals surface area contributed by atoms with E-state index < -0.39 is 5.97 Å². The van der Waals surface area contributed by atoms with E-state index in [-0.39, 0.29) is 17.7 Å². The van der Waals surface area contributed by atoms with Gasteiger partial charge < -0.3 is 10.0 Å². The number of hydrogen-bond acceptors (Lipinski definition) is 4. The van der Waals surface area contributed by atoms with Crippen molar-refractivity contribution in [2.24, 2.45) is 11.8 Å². The average Bonchev–Trinajstić information content (AvgIpc) is 2.96. The Hall–Kier alpha value is -2.21. The van der Waals surface area contributed by atoms with Crippen LogP contribution in [-0.4, -0.2) is 40.0 Å². The third-order valence-electron chi connectivity index (χ3n) is 4.52. The molecule has 2 unspecified atom stereocenters. The zero-order valence-electron chi connectivity index (χ0n) is 13.7. The minimum Gasteiger partial charge on any atom is -0.481 e. The van der Waals surface area contributed by atoms with Gasteiger partial charge in [-0.1, -0.05) is 37.3 Å². The largest absolute Gasteiger partial charge is 0.481 e. The molecule has 1 N–H and O–H groups in total. The number of piperidine rings is 1. The quantitative estimate of drug-likeness (QED) is 0.927. The maximum absolute atomic E-state index is 12.8. The summed E-state index contributed by atoms with van der Waals surface area (Å²) in [5.74, 6) is -1.21. The lowest BCUT2D eigenvalue weighted by Gasteiger charge is -2.34. The van der Waals surface area contributed by atoms with Crippen molar-refractivity contribution in [3.05, 3.63) is 40.9 Å². The Balaban J connectivity index is 1.79. The second-order valence-corrected chi connectivity index (χ2v) is 7.26. The van der Waals surface area contributed by atoms with E-state index in [0.717, 1.165) is 16.3 Å². The number of rotatable bonds is 3. The predicted molar refractivity (Wildman–Crippen MR) is 93.1 cm³/mol. The molecule has 0 radical (unpaired) electrons. The van der Waals surface area contributed by atoms with Gasteiger partial charge in [0.05, 0.1) is 11.6 Å². The zero-order valence-corrected chi connectivity index (χ0v) is 14.5. The van der Waals surface area contributed by atoms with Gasteiger partial charge >= 0.3 is 5.97 Å². The van der Waals surface area contributed by atoms with E-state index in [1.54, 1.807) is 4.90 Å². The normalized spacial score (nSPS) is 20.8. The lowest BCUT2D eigenvalue weighted by atomic mass is 9.87. The fourth-order valence-electron chi connectivity index (χ4n) is 3.14. The minimum atomic E-state index is -0.769. The molecule has 1 aromatic heterocycles. The van der Waals surface area contributed by atoms with Gasteiger partial charge in [-0.15, -0.1) is 11.3 Å². The van der Waals surface area contributed by atoms with Crippen molar-refractivity contribution in [2.45, 2.75) is 20.3 Å². The number of carboxylic acids is 1. The maximum atomic E-state index is 12.8. The van der Waals surface area contributed by atoms with Crippen LogP contribution in [0.15, 0.2) is 30.3 Å². The summed E-state index contributed by atoms with van der Waals surface area (Å²) in [6.07, 6.45) is 0.506. The number of likely N-dealkylation sites (tertiary alicyclic amines) is 1. The summed E-state index contributed by atoms with van der Waals surface area (Å²) >= 11 is 1.40. The van der Waals surface area contributed by atoms with E-state index in [1.807, 2.05) is 44.2 Å². The number of benzene rings is 1. The minimum absolute atomic E-state index is 0.0390. The molecule has 1 amide bonds. The van der Waals surface area contributed by atoms with Crippen molar-refractivity contribution in [3.63, 3.8) is 0 Å². The van der Waals surface area contributed by atoms with Crippen LogP contribution in [0.5, 0.6) is 0 Å². The number of aryl methyl sites for hydroxylation is 1. The van der Waals surface area contributed by atoms with Crippen molar-refractivity contribution < 1.29 is 14.7 Å². The standard InChI is InChI=1S/C18H20N2O3S/c1-11-10-20(9-8-14(11)18(22)23)17(21)15-12(2)19-16(24-15)13-6-4-3-5-7-13/h3-7,11,14H,8-10H2,1-2H3,(H,22,23). The molecule has 5 nitrogen and oxygen atoms in total. The monoisotopic (exact) mass is 344 g/mol. The molecule has 2 heterocycles. The van der Waals surface area contributed by atoms with Crippen LogP contribution in [0.3, 0.4) is 0 Å². The molecule has 0 bridgehead atoms. The number of thiazole rings is 1. The molecule has 1 aliphatic rings. The highest BCUT2D eigenvalue weighted by atomic mass is 32.1. The third-order valence-corrected chi connectivity index (χ3v) is 5.72. The van der Waals surface area contributed by atoms with Gasteiger partial charge in [0.2, 0.25) is 0 Å². The molecule has 1 fully saturated rings. The first-order chi connectivity index (χ1) is 11.5.